The van der Waals surface area contributed by atoms with Crippen LogP contribution >= 0.6 is 0 Å². The summed E-state index contributed by atoms with van der Waals surface area (Å²) in [5.41, 5.74) is 2.60. The van der Waals surface area contributed by atoms with E-state index >= 15 is 0 Å². The largest absolute Gasteiger partial charge is 0.464 e. The van der Waals surface area contributed by atoms with Crippen molar-refractivity contribution in [1.29, 1.82) is 0 Å². The molecule has 4 rings (SSSR count). The average molecular weight is 466 g/mol. The molecular weight excluding hydrogens is 430 g/mol. The minimum absolute atomic E-state index is 0.220. The second-order valence-electron chi connectivity index (χ2n) is 9.54. The average Bonchev–Trinajstić information content (AvgIpc) is 3.35. The van der Waals surface area contributed by atoms with E-state index < -0.39 is 6.04 Å². The van der Waals surface area contributed by atoms with E-state index in [1.807, 2.05) is 25.3 Å². The molecule has 1 aliphatic carbocycles. The molecule has 1 saturated carbocycles. The van der Waals surface area contributed by atoms with Gasteiger partial charge in [0.1, 0.15) is 11.6 Å². The summed E-state index contributed by atoms with van der Waals surface area (Å²) >= 11 is 0. The molecule has 1 saturated heterocycles. The van der Waals surface area contributed by atoms with Crippen molar-refractivity contribution in [3.05, 3.63) is 63.3 Å². The number of esters is 1. The topological polar surface area (TPSA) is 81.5 Å². The van der Waals surface area contributed by atoms with Gasteiger partial charge in [0.05, 0.1) is 6.61 Å². The van der Waals surface area contributed by atoms with Crippen molar-refractivity contribution < 1.29 is 14.3 Å². The van der Waals surface area contributed by atoms with E-state index in [9.17, 15) is 14.4 Å². The number of carbonyl (C=O) groups is 2. The van der Waals surface area contributed by atoms with Crippen LogP contribution < -0.4 is 5.43 Å². The maximum atomic E-state index is 13.9. The number of hydrogen-bond acceptors (Lipinski definition) is 5. The molecule has 34 heavy (non-hydrogen) atoms. The number of nitrogens with zero attached hydrogens (tertiary/aromatic N) is 3. The number of amides is 1. The van der Waals surface area contributed by atoms with Gasteiger partial charge in [-0.25, -0.2) is 4.79 Å². The highest BCUT2D eigenvalue weighted by atomic mass is 16.5. The highest BCUT2D eigenvalue weighted by Crippen LogP contribution is 2.30. The maximum Gasteiger partial charge on any atom is 0.328 e. The Kier molecular flexibility index (Phi) is 7.80. The van der Waals surface area contributed by atoms with Gasteiger partial charge in [0.15, 0.2) is 5.43 Å². The van der Waals surface area contributed by atoms with Gasteiger partial charge in [0.25, 0.3) is 5.91 Å². The molecule has 7 nitrogen and oxygen atoms in total. The minimum Gasteiger partial charge on any atom is -0.464 e. The zero-order valence-corrected chi connectivity index (χ0v) is 20.3. The number of pyridine rings is 2. The van der Waals surface area contributed by atoms with Gasteiger partial charge in [-0.1, -0.05) is 31.7 Å². The highest BCUT2D eigenvalue weighted by molar-refractivity contribution is 5.98. The summed E-state index contributed by atoms with van der Waals surface area (Å²) in [6.07, 6.45) is 11.1. The molecule has 2 aliphatic rings. The van der Waals surface area contributed by atoms with Crippen LogP contribution in [0.5, 0.6) is 0 Å². The van der Waals surface area contributed by atoms with Crippen molar-refractivity contribution in [3.63, 3.8) is 0 Å². The Morgan fingerprint density at radius 2 is 1.91 bits per heavy atom. The minimum atomic E-state index is -0.631. The van der Waals surface area contributed by atoms with Crippen LogP contribution in [-0.2, 0) is 22.5 Å². The number of aromatic nitrogens is 2. The van der Waals surface area contributed by atoms with Crippen molar-refractivity contribution in [2.75, 3.05) is 13.2 Å². The third kappa shape index (κ3) is 5.24. The highest BCUT2D eigenvalue weighted by Gasteiger charge is 2.36. The second-order valence-corrected chi connectivity index (χ2v) is 9.54. The first-order valence-electron chi connectivity index (χ1n) is 12.6. The lowest BCUT2D eigenvalue weighted by Crippen LogP contribution is -2.50. The summed E-state index contributed by atoms with van der Waals surface area (Å²) in [6.45, 7) is 4.97. The molecule has 0 aromatic carbocycles. The van der Waals surface area contributed by atoms with Crippen molar-refractivity contribution in [2.24, 2.45) is 5.92 Å². The summed E-state index contributed by atoms with van der Waals surface area (Å²) in [5, 5.41) is 0. The number of ether oxygens (including phenoxy) is 1. The maximum absolute atomic E-state index is 13.9. The Morgan fingerprint density at radius 1 is 1.15 bits per heavy atom. The van der Waals surface area contributed by atoms with E-state index in [1.165, 1.54) is 12.8 Å². The molecule has 0 bridgehead atoms. The van der Waals surface area contributed by atoms with E-state index in [0.717, 1.165) is 42.6 Å². The van der Waals surface area contributed by atoms with Gasteiger partial charge >= 0.3 is 5.97 Å². The zero-order valence-electron chi connectivity index (χ0n) is 20.3. The Bertz CT molecular complexity index is 1070. The van der Waals surface area contributed by atoms with E-state index in [1.54, 1.807) is 24.1 Å². The van der Waals surface area contributed by atoms with Crippen LogP contribution in [0.3, 0.4) is 0 Å². The van der Waals surface area contributed by atoms with Crippen molar-refractivity contribution in [1.82, 2.24) is 14.5 Å². The van der Waals surface area contributed by atoms with Gasteiger partial charge in [-0.2, -0.15) is 0 Å². The molecule has 7 heteroatoms. The number of hydrogen-bond donors (Lipinski definition) is 0. The molecule has 2 fully saturated rings. The molecule has 0 spiro atoms. The summed E-state index contributed by atoms with van der Waals surface area (Å²) in [7, 11) is 0. The fraction of sp³-hybridized carbons (Fsp3) is 0.556. The number of carbonyl (C=O) groups excluding carboxylic acids is 2. The van der Waals surface area contributed by atoms with Crippen LogP contribution in [0.2, 0.25) is 0 Å². The molecule has 1 unspecified atom stereocenters. The van der Waals surface area contributed by atoms with Crippen molar-refractivity contribution in [3.8, 4) is 0 Å². The van der Waals surface area contributed by atoms with E-state index in [2.05, 4.69) is 9.55 Å². The molecule has 2 aromatic heterocycles. The lowest BCUT2D eigenvalue weighted by molar-refractivity contribution is -0.149. The first-order chi connectivity index (χ1) is 16.5. The number of likely N-dealkylation sites (tertiary alicyclic amines) is 1. The Balaban J connectivity index is 1.78. The van der Waals surface area contributed by atoms with Gasteiger partial charge in [0.2, 0.25) is 0 Å². The Hall–Kier alpha value is -2.96. The monoisotopic (exact) mass is 465 g/mol. The van der Waals surface area contributed by atoms with Gasteiger partial charge in [-0.05, 0) is 57.1 Å². The SMILES string of the molecule is CCOC(=O)C1CCCCN1C(=O)c1c(CC2CCCC2)n(Cc2cccnc2)c(C)cc1=O. The van der Waals surface area contributed by atoms with Crippen LogP contribution in [-0.4, -0.2) is 45.5 Å². The summed E-state index contributed by atoms with van der Waals surface area (Å²) < 4.78 is 7.37. The molecule has 1 atom stereocenters. The van der Waals surface area contributed by atoms with E-state index in [0.29, 0.717) is 31.8 Å². The van der Waals surface area contributed by atoms with Crippen LogP contribution in [0.1, 0.15) is 79.2 Å². The molecule has 0 N–H and O–H groups in total. The van der Waals surface area contributed by atoms with Crippen molar-refractivity contribution >= 4 is 11.9 Å². The van der Waals surface area contributed by atoms with E-state index in [-0.39, 0.29) is 29.5 Å². The molecule has 3 heterocycles. The number of rotatable bonds is 7. The zero-order chi connectivity index (χ0) is 24.1. The lowest BCUT2D eigenvalue weighted by atomic mass is 9.95. The summed E-state index contributed by atoms with van der Waals surface area (Å²) in [6, 6.07) is 4.83. The first-order valence-corrected chi connectivity index (χ1v) is 12.6. The molecule has 1 aliphatic heterocycles. The predicted octanol–water partition coefficient (Wildman–Crippen LogP) is 3.89. The second kappa shape index (κ2) is 11.0. The first kappa shape index (κ1) is 24.2. The Morgan fingerprint density at radius 3 is 2.62 bits per heavy atom. The molecule has 2 aromatic rings. The number of aryl methyl sites for hydroxylation is 1. The quantitative estimate of drug-likeness (QED) is 0.580. The van der Waals surface area contributed by atoms with Gasteiger partial charge < -0.3 is 14.2 Å². The summed E-state index contributed by atoms with van der Waals surface area (Å²) in [5.74, 6) is -0.263. The van der Waals surface area contributed by atoms with Crippen LogP contribution in [0, 0.1) is 12.8 Å². The summed E-state index contributed by atoms with van der Waals surface area (Å²) in [4.78, 5) is 45.7. The smallest absolute Gasteiger partial charge is 0.328 e. The van der Waals surface area contributed by atoms with Gasteiger partial charge in [-0.15, -0.1) is 0 Å². The predicted molar refractivity (Wildman–Crippen MR) is 130 cm³/mol. The Labute approximate surface area is 201 Å². The molecule has 1 amide bonds. The fourth-order valence-electron chi connectivity index (χ4n) is 5.45. The van der Waals surface area contributed by atoms with Crippen LogP contribution in [0.4, 0.5) is 0 Å². The third-order valence-electron chi connectivity index (χ3n) is 7.18. The van der Waals surface area contributed by atoms with Crippen LogP contribution in [0.15, 0.2) is 35.4 Å². The van der Waals surface area contributed by atoms with E-state index in [4.69, 9.17) is 4.74 Å². The molecular formula is C27H35N3O4. The van der Waals surface area contributed by atoms with Crippen LogP contribution in [0.25, 0.3) is 0 Å². The molecule has 182 valence electrons. The standard InChI is InChI=1S/C27H35N3O4/c1-3-34-27(33)22-12-6-7-14-29(22)26(32)25-23(16-20-9-4-5-10-20)30(19(2)15-24(25)31)18-21-11-8-13-28-17-21/h8,11,13,15,17,20,22H,3-7,9-10,12,14,16,18H2,1-2H3. The molecule has 0 radical (unpaired) electrons. The normalized spacial score (nSPS) is 18.8. The van der Waals surface area contributed by atoms with Crippen molar-refractivity contribution in [2.45, 2.75) is 77.8 Å². The third-order valence-corrected chi connectivity index (χ3v) is 7.18. The number of piperidine rings is 1. The lowest BCUT2D eigenvalue weighted by Gasteiger charge is -2.34. The fourth-order valence-corrected chi connectivity index (χ4v) is 5.45. The van der Waals surface area contributed by atoms with Gasteiger partial charge in [-0.3, -0.25) is 14.6 Å². The van der Waals surface area contributed by atoms with Gasteiger partial charge in [0, 0.05) is 42.9 Å².